The second-order valence-corrected chi connectivity index (χ2v) is 5.08. The lowest BCUT2D eigenvalue weighted by Crippen LogP contribution is -2.55. The van der Waals surface area contributed by atoms with Crippen molar-refractivity contribution in [3.05, 3.63) is 30.3 Å². The van der Waals surface area contributed by atoms with Gasteiger partial charge < -0.3 is 15.5 Å². The van der Waals surface area contributed by atoms with Gasteiger partial charge in [0.2, 0.25) is 5.91 Å². The van der Waals surface area contributed by atoms with Crippen molar-refractivity contribution in [2.24, 2.45) is 0 Å². The number of para-hydroxylation sites is 1. The number of benzene rings is 1. The molecular formula is C14H18N2O5. The van der Waals surface area contributed by atoms with Gasteiger partial charge in [0.15, 0.2) is 0 Å². The highest BCUT2D eigenvalue weighted by molar-refractivity contribution is 5.94. The molecule has 4 N–H and O–H groups in total. The van der Waals surface area contributed by atoms with Crippen LogP contribution in [0.3, 0.4) is 0 Å². The number of nitrogens with one attached hydrogen (secondary N) is 2. The highest BCUT2D eigenvalue weighted by atomic mass is 16.4. The summed E-state index contributed by atoms with van der Waals surface area (Å²) < 4.78 is 0. The van der Waals surface area contributed by atoms with Crippen molar-refractivity contribution < 1.29 is 24.6 Å². The van der Waals surface area contributed by atoms with Crippen molar-refractivity contribution in [3.8, 4) is 0 Å². The molecule has 0 aromatic heterocycles. The molecule has 1 amide bonds. The Hall–Kier alpha value is -2.41. The van der Waals surface area contributed by atoms with E-state index >= 15 is 0 Å². The first-order valence-corrected chi connectivity index (χ1v) is 6.31. The van der Waals surface area contributed by atoms with Gasteiger partial charge in [0.1, 0.15) is 11.6 Å². The molecular weight excluding hydrogens is 276 g/mol. The van der Waals surface area contributed by atoms with Crippen molar-refractivity contribution in [3.63, 3.8) is 0 Å². The van der Waals surface area contributed by atoms with Gasteiger partial charge in [-0.2, -0.15) is 0 Å². The van der Waals surface area contributed by atoms with Gasteiger partial charge in [-0.3, -0.25) is 19.7 Å². The van der Waals surface area contributed by atoms with Crippen LogP contribution in [0.1, 0.15) is 20.3 Å². The Labute approximate surface area is 122 Å². The number of rotatable bonds is 7. The minimum Gasteiger partial charge on any atom is -0.480 e. The van der Waals surface area contributed by atoms with Crippen molar-refractivity contribution >= 4 is 23.5 Å². The number of anilines is 1. The zero-order valence-corrected chi connectivity index (χ0v) is 11.8. The SMILES string of the molecule is CC(C)(NC(CC(=O)Nc1ccccc1)C(=O)O)C(=O)O. The maximum atomic E-state index is 11.8. The molecule has 0 fully saturated rings. The number of carboxylic acid groups (broad SMARTS) is 2. The molecule has 7 nitrogen and oxygen atoms in total. The first kappa shape index (κ1) is 16.6. The van der Waals surface area contributed by atoms with Crippen LogP contribution in [-0.2, 0) is 14.4 Å². The first-order chi connectivity index (χ1) is 9.72. The summed E-state index contributed by atoms with van der Waals surface area (Å²) in [5.41, 5.74) is -0.903. The highest BCUT2D eigenvalue weighted by Crippen LogP contribution is 2.09. The molecule has 0 aliphatic heterocycles. The summed E-state index contributed by atoms with van der Waals surface area (Å²) in [7, 11) is 0. The van der Waals surface area contributed by atoms with Gasteiger partial charge in [-0.25, -0.2) is 0 Å². The third-order valence-corrected chi connectivity index (χ3v) is 2.81. The zero-order valence-electron chi connectivity index (χ0n) is 11.8. The van der Waals surface area contributed by atoms with E-state index in [1.165, 1.54) is 13.8 Å². The summed E-state index contributed by atoms with van der Waals surface area (Å²) in [6.07, 6.45) is -0.374. The molecule has 1 unspecified atom stereocenters. The molecule has 0 saturated carbocycles. The lowest BCUT2D eigenvalue weighted by Gasteiger charge is -2.25. The van der Waals surface area contributed by atoms with Crippen LogP contribution < -0.4 is 10.6 Å². The van der Waals surface area contributed by atoms with Crippen molar-refractivity contribution in [1.29, 1.82) is 0 Å². The van der Waals surface area contributed by atoms with E-state index in [0.717, 1.165) is 0 Å². The lowest BCUT2D eigenvalue weighted by atomic mass is 10.0. The second kappa shape index (κ2) is 6.85. The monoisotopic (exact) mass is 294 g/mol. The van der Waals surface area contributed by atoms with E-state index in [1.54, 1.807) is 30.3 Å². The lowest BCUT2D eigenvalue weighted by molar-refractivity contribution is -0.147. The number of carbonyl (C=O) groups is 3. The Bertz CT molecular complexity index is 527. The quantitative estimate of drug-likeness (QED) is 0.594. The van der Waals surface area contributed by atoms with Crippen molar-refractivity contribution in [2.75, 3.05) is 5.32 Å². The summed E-state index contributed by atoms with van der Waals surface area (Å²) in [5.74, 6) is -2.99. The van der Waals surface area contributed by atoms with Crippen LogP contribution >= 0.6 is 0 Å². The summed E-state index contributed by atoms with van der Waals surface area (Å²) in [6.45, 7) is 2.67. The Morgan fingerprint density at radius 1 is 1.14 bits per heavy atom. The molecule has 0 saturated heterocycles. The third kappa shape index (κ3) is 5.23. The van der Waals surface area contributed by atoms with E-state index in [4.69, 9.17) is 10.2 Å². The molecule has 0 bridgehead atoms. The predicted molar refractivity (Wildman–Crippen MR) is 76.0 cm³/mol. The molecule has 0 aliphatic carbocycles. The van der Waals surface area contributed by atoms with E-state index in [-0.39, 0.29) is 6.42 Å². The molecule has 7 heteroatoms. The molecule has 1 rings (SSSR count). The van der Waals surface area contributed by atoms with Gasteiger partial charge in [0.25, 0.3) is 0 Å². The van der Waals surface area contributed by atoms with Gasteiger partial charge in [0.05, 0.1) is 6.42 Å². The number of carbonyl (C=O) groups excluding carboxylic acids is 1. The molecule has 21 heavy (non-hydrogen) atoms. The van der Waals surface area contributed by atoms with E-state index in [9.17, 15) is 14.4 Å². The fourth-order valence-electron chi connectivity index (χ4n) is 1.62. The topological polar surface area (TPSA) is 116 Å². The number of carboxylic acids is 2. The van der Waals surface area contributed by atoms with Crippen LogP contribution in [-0.4, -0.2) is 39.6 Å². The van der Waals surface area contributed by atoms with E-state index < -0.39 is 29.4 Å². The molecule has 0 spiro atoms. The summed E-state index contributed by atoms with van der Waals surface area (Å²) >= 11 is 0. The molecule has 0 radical (unpaired) electrons. The molecule has 1 aromatic carbocycles. The third-order valence-electron chi connectivity index (χ3n) is 2.81. The molecule has 0 aliphatic rings. The average molecular weight is 294 g/mol. The van der Waals surface area contributed by atoms with E-state index in [1.807, 2.05) is 0 Å². The minimum atomic E-state index is -1.45. The molecule has 1 aromatic rings. The van der Waals surface area contributed by atoms with E-state index in [2.05, 4.69) is 10.6 Å². The smallest absolute Gasteiger partial charge is 0.323 e. The zero-order chi connectivity index (χ0) is 16.0. The highest BCUT2D eigenvalue weighted by Gasteiger charge is 2.33. The van der Waals surface area contributed by atoms with Crippen LogP contribution in [0.5, 0.6) is 0 Å². The normalized spacial score (nSPS) is 12.5. The molecule has 1 atom stereocenters. The van der Waals surface area contributed by atoms with Crippen LogP contribution in [0.25, 0.3) is 0 Å². The number of hydrogen-bond acceptors (Lipinski definition) is 4. The van der Waals surface area contributed by atoms with Gasteiger partial charge in [-0.15, -0.1) is 0 Å². The maximum Gasteiger partial charge on any atom is 0.323 e. The van der Waals surface area contributed by atoms with Crippen LogP contribution in [0.4, 0.5) is 5.69 Å². The van der Waals surface area contributed by atoms with Gasteiger partial charge in [-0.05, 0) is 26.0 Å². The Morgan fingerprint density at radius 2 is 1.71 bits per heavy atom. The van der Waals surface area contributed by atoms with Gasteiger partial charge in [-0.1, -0.05) is 18.2 Å². The van der Waals surface area contributed by atoms with Crippen molar-refractivity contribution in [1.82, 2.24) is 5.32 Å². The number of amides is 1. The van der Waals surface area contributed by atoms with Crippen LogP contribution in [0, 0.1) is 0 Å². The van der Waals surface area contributed by atoms with Crippen molar-refractivity contribution in [2.45, 2.75) is 31.8 Å². The maximum absolute atomic E-state index is 11.8. The number of hydrogen-bond donors (Lipinski definition) is 4. The summed E-state index contributed by atoms with van der Waals surface area (Å²) in [4.78, 5) is 34.0. The Kier molecular flexibility index (Phi) is 5.43. The fraction of sp³-hybridized carbons (Fsp3) is 0.357. The Balaban J connectivity index is 2.69. The van der Waals surface area contributed by atoms with Gasteiger partial charge >= 0.3 is 11.9 Å². The predicted octanol–water partition coefficient (Wildman–Crippen LogP) is 0.921. The van der Waals surface area contributed by atoms with Crippen LogP contribution in [0.2, 0.25) is 0 Å². The first-order valence-electron chi connectivity index (χ1n) is 6.31. The largest absolute Gasteiger partial charge is 0.480 e. The summed E-state index contributed by atoms with van der Waals surface area (Å²) in [5, 5.41) is 23.1. The second-order valence-electron chi connectivity index (χ2n) is 5.08. The Morgan fingerprint density at radius 3 is 2.19 bits per heavy atom. The average Bonchev–Trinajstić information content (AvgIpc) is 2.38. The van der Waals surface area contributed by atoms with Gasteiger partial charge in [0, 0.05) is 5.69 Å². The summed E-state index contributed by atoms with van der Waals surface area (Å²) in [6, 6.07) is 7.29. The minimum absolute atomic E-state index is 0.374. The standard InChI is InChI=1S/C14H18N2O5/c1-14(2,13(20)21)16-10(12(18)19)8-11(17)15-9-6-4-3-5-7-9/h3-7,10,16H,8H2,1-2H3,(H,15,17)(H,18,19)(H,20,21). The van der Waals surface area contributed by atoms with Crippen LogP contribution in [0.15, 0.2) is 30.3 Å². The molecule has 114 valence electrons. The fourth-order valence-corrected chi connectivity index (χ4v) is 1.62. The number of aliphatic carboxylic acids is 2. The van der Waals surface area contributed by atoms with E-state index in [0.29, 0.717) is 5.69 Å². The molecule has 0 heterocycles.